The van der Waals surface area contributed by atoms with E-state index in [9.17, 15) is 4.79 Å². The standard InChI is InChI=1S/C13H16O3S/c1-9-10-5-3-4-6-11(10)16-12(9)13(14)15-7-8-17-2/h3-6,9,12H,7-8H2,1-2H3/t9-,12-/m1/s1. The number of carbonyl (C=O) groups excluding carboxylic acids is 1. The molecule has 0 N–H and O–H groups in total. The molecule has 0 unspecified atom stereocenters. The lowest BCUT2D eigenvalue weighted by Crippen LogP contribution is -2.30. The topological polar surface area (TPSA) is 35.5 Å². The Balaban J connectivity index is 1.99. The number of hydrogen-bond acceptors (Lipinski definition) is 4. The number of esters is 1. The molecule has 0 spiro atoms. The van der Waals surface area contributed by atoms with Crippen LogP contribution in [0.1, 0.15) is 18.4 Å². The van der Waals surface area contributed by atoms with Gasteiger partial charge in [-0.15, -0.1) is 0 Å². The normalized spacial score (nSPS) is 21.8. The number of ether oxygens (including phenoxy) is 2. The predicted octanol–water partition coefficient (Wildman–Crippen LogP) is 2.46. The average Bonchev–Trinajstić information content (AvgIpc) is 2.68. The van der Waals surface area contributed by atoms with Crippen molar-refractivity contribution in [2.24, 2.45) is 0 Å². The third-order valence-corrected chi connectivity index (χ3v) is 3.46. The summed E-state index contributed by atoms with van der Waals surface area (Å²) in [4.78, 5) is 11.8. The molecule has 0 amide bonds. The third kappa shape index (κ3) is 2.57. The molecule has 1 aromatic carbocycles. The van der Waals surface area contributed by atoms with Gasteiger partial charge in [-0.2, -0.15) is 11.8 Å². The van der Waals surface area contributed by atoms with Crippen LogP contribution < -0.4 is 4.74 Å². The number of benzene rings is 1. The second-order valence-electron chi connectivity index (χ2n) is 4.03. The van der Waals surface area contributed by atoms with Gasteiger partial charge in [0.25, 0.3) is 0 Å². The number of thioether (sulfide) groups is 1. The van der Waals surface area contributed by atoms with Gasteiger partial charge >= 0.3 is 5.97 Å². The van der Waals surface area contributed by atoms with Crippen molar-refractivity contribution < 1.29 is 14.3 Å². The van der Waals surface area contributed by atoms with Crippen LogP contribution in [0.25, 0.3) is 0 Å². The van der Waals surface area contributed by atoms with E-state index in [-0.39, 0.29) is 11.9 Å². The molecular weight excluding hydrogens is 236 g/mol. The number of para-hydroxylation sites is 1. The van der Waals surface area contributed by atoms with E-state index >= 15 is 0 Å². The van der Waals surface area contributed by atoms with Crippen LogP contribution in [0.15, 0.2) is 24.3 Å². The second-order valence-corrected chi connectivity index (χ2v) is 5.01. The minimum absolute atomic E-state index is 0.0629. The van der Waals surface area contributed by atoms with Gasteiger partial charge in [-0.25, -0.2) is 4.79 Å². The zero-order chi connectivity index (χ0) is 12.3. The van der Waals surface area contributed by atoms with Crippen LogP contribution in [0.5, 0.6) is 5.75 Å². The lowest BCUT2D eigenvalue weighted by molar-refractivity contribution is -0.151. The van der Waals surface area contributed by atoms with E-state index in [0.29, 0.717) is 6.61 Å². The van der Waals surface area contributed by atoms with Crippen molar-refractivity contribution in [3.63, 3.8) is 0 Å². The SMILES string of the molecule is CSCCOC(=O)[C@@H]1Oc2ccccc2[C@H]1C. The molecule has 1 aliphatic rings. The van der Waals surface area contributed by atoms with Gasteiger partial charge in [0.05, 0.1) is 0 Å². The number of fused-ring (bicyclic) bond motifs is 1. The quantitative estimate of drug-likeness (QED) is 0.609. The molecule has 3 nitrogen and oxygen atoms in total. The van der Waals surface area contributed by atoms with Gasteiger partial charge < -0.3 is 9.47 Å². The first-order valence-electron chi connectivity index (χ1n) is 5.65. The monoisotopic (exact) mass is 252 g/mol. The summed E-state index contributed by atoms with van der Waals surface area (Å²) in [7, 11) is 0. The Morgan fingerprint density at radius 1 is 1.47 bits per heavy atom. The van der Waals surface area contributed by atoms with Crippen LogP contribution in [0.4, 0.5) is 0 Å². The van der Waals surface area contributed by atoms with E-state index in [4.69, 9.17) is 9.47 Å². The first kappa shape index (κ1) is 12.3. The van der Waals surface area contributed by atoms with Crippen LogP contribution >= 0.6 is 11.8 Å². The van der Waals surface area contributed by atoms with Crippen molar-refractivity contribution in [2.45, 2.75) is 18.9 Å². The highest BCUT2D eigenvalue weighted by Crippen LogP contribution is 2.37. The molecule has 0 radical (unpaired) electrons. The van der Waals surface area contributed by atoms with E-state index in [0.717, 1.165) is 17.1 Å². The second kappa shape index (κ2) is 5.45. The van der Waals surface area contributed by atoms with Crippen molar-refractivity contribution in [1.82, 2.24) is 0 Å². The lowest BCUT2D eigenvalue weighted by Gasteiger charge is -2.14. The summed E-state index contributed by atoms with van der Waals surface area (Å²) in [5.74, 6) is 1.42. The maximum Gasteiger partial charge on any atom is 0.348 e. The van der Waals surface area contributed by atoms with Crippen molar-refractivity contribution in [3.05, 3.63) is 29.8 Å². The highest BCUT2D eigenvalue weighted by Gasteiger charge is 2.37. The summed E-state index contributed by atoms with van der Waals surface area (Å²) in [5.41, 5.74) is 1.08. The summed E-state index contributed by atoms with van der Waals surface area (Å²) in [5, 5.41) is 0. The summed E-state index contributed by atoms with van der Waals surface area (Å²) in [6.07, 6.45) is 1.49. The van der Waals surface area contributed by atoms with Gasteiger partial charge in [0.15, 0.2) is 0 Å². The average molecular weight is 252 g/mol. The number of hydrogen-bond donors (Lipinski definition) is 0. The van der Waals surface area contributed by atoms with Crippen LogP contribution in [0, 0.1) is 0 Å². The van der Waals surface area contributed by atoms with Crippen molar-refractivity contribution >= 4 is 17.7 Å². The molecule has 1 aliphatic heterocycles. The Hall–Kier alpha value is -1.16. The molecule has 2 atom stereocenters. The van der Waals surface area contributed by atoms with E-state index in [1.165, 1.54) is 0 Å². The molecule has 0 saturated carbocycles. The molecule has 0 fully saturated rings. The Bertz CT molecular complexity index is 405. The number of carbonyl (C=O) groups is 1. The first-order valence-corrected chi connectivity index (χ1v) is 7.04. The summed E-state index contributed by atoms with van der Waals surface area (Å²) < 4.78 is 10.8. The summed E-state index contributed by atoms with van der Waals surface area (Å²) >= 11 is 1.66. The Morgan fingerprint density at radius 2 is 2.24 bits per heavy atom. The van der Waals surface area contributed by atoms with Crippen LogP contribution in [-0.2, 0) is 9.53 Å². The van der Waals surface area contributed by atoms with Crippen LogP contribution in [-0.4, -0.2) is 30.7 Å². The first-order chi connectivity index (χ1) is 8.24. The minimum Gasteiger partial charge on any atom is -0.478 e. The molecule has 17 heavy (non-hydrogen) atoms. The fourth-order valence-corrected chi connectivity index (χ4v) is 2.18. The molecule has 0 saturated heterocycles. The van der Waals surface area contributed by atoms with E-state index in [1.807, 2.05) is 37.4 Å². The zero-order valence-electron chi connectivity index (χ0n) is 10.0. The van der Waals surface area contributed by atoms with Crippen molar-refractivity contribution in [2.75, 3.05) is 18.6 Å². The van der Waals surface area contributed by atoms with E-state index in [1.54, 1.807) is 11.8 Å². The number of rotatable bonds is 4. The predicted molar refractivity (Wildman–Crippen MR) is 68.6 cm³/mol. The fraction of sp³-hybridized carbons (Fsp3) is 0.462. The van der Waals surface area contributed by atoms with Crippen molar-refractivity contribution in [3.8, 4) is 5.75 Å². The van der Waals surface area contributed by atoms with Crippen molar-refractivity contribution in [1.29, 1.82) is 0 Å². The molecule has 1 aromatic rings. The Kier molecular flexibility index (Phi) is 3.94. The molecule has 92 valence electrons. The molecule has 0 aromatic heterocycles. The smallest absolute Gasteiger partial charge is 0.348 e. The van der Waals surface area contributed by atoms with Crippen LogP contribution in [0.3, 0.4) is 0 Å². The Morgan fingerprint density at radius 3 is 2.94 bits per heavy atom. The summed E-state index contributed by atoms with van der Waals surface area (Å²) in [6.45, 7) is 2.44. The molecule has 4 heteroatoms. The van der Waals surface area contributed by atoms with Gasteiger partial charge in [0.1, 0.15) is 12.4 Å². The van der Waals surface area contributed by atoms with Gasteiger partial charge in [-0.05, 0) is 12.3 Å². The highest BCUT2D eigenvalue weighted by molar-refractivity contribution is 7.98. The van der Waals surface area contributed by atoms with Gasteiger partial charge in [-0.3, -0.25) is 0 Å². The van der Waals surface area contributed by atoms with Gasteiger partial charge in [0, 0.05) is 17.2 Å². The largest absolute Gasteiger partial charge is 0.478 e. The zero-order valence-corrected chi connectivity index (χ0v) is 10.8. The molecule has 0 bridgehead atoms. The summed E-state index contributed by atoms with van der Waals surface area (Å²) in [6, 6.07) is 7.75. The van der Waals surface area contributed by atoms with Gasteiger partial charge in [0.2, 0.25) is 6.10 Å². The maximum atomic E-state index is 11.8. The Labute approximate surface area is 105 Å². The molecule has 0 aliphatic carbocycles. The lowest BCUT2D eigenvalue weighted by atomic mass is 9.98. The highest BCUT2D eigenvalue weighted by atomic mass is 32.2. The molecule has 1 heterocycles. The van der Waals surface area contributed by atoms with Crippen LogP contribution in [0.2, 0.25) is 0 Å². The third-order valence-electron chi connectivity index (χ3n) is 2.88. The van der Waals surface area contributed by atoms with E-state index < -0.39 is 6.10 Å². The minimum atomic E-state index is -0.491. The molecular formula is C13H16O3S. The molecule has 2 rings (SSSR count). The van der Waals surface area contributed by atoms with E-state index in [2.05, 4.69) is 0 Å². The fourth-order valence-electron chi connectivity index (χ4n) is 1.93. The van der Waals surface area contributed by atoms with Gasteiger partial charge in [-0.1, -0.05) is 25.1 Å². The maximum absolute atomic E-state index is 11.8.